The highest BCUT2D eigenvalue weighted by atomic mass is 32.1. The summed E-state index contributed by atoms with van der Waals surface area (Å²) < 4.78 is 1.82. The second-order valence-corrected chi connectivity index (χ2v) is 11.1. The fourth-order valence-electron chi connectivity index (χ4n) is 5.23. The number of thiophene rings is 1. The van der Waals surface area contributed by atoms with E-state index in [0.717, 1.165) is 33.2 Å². The number of benzene rings is 3. The lowest BCUT2D eigenvalue weighted by molar-refractivity contribution is 0.196. The van der Waals surface area contributed by atoms with Crippen LogP contribution in [-0.2, 0) is 19.6 Å². The molecule has 3 heterocycles. The molecule has 0 unspecified atom stereocenters. The molecule has 6 aromatic rings. The topological polar surface area (TPSA) is 79.7 Å². The standard InChI is InChI=1S/C32H30N6OS/c1-22-15-16-23(2)29-27(22)18-28(32(39)33-29)30(31-34-35-36-38(31)20-25-12-7-4-8-13-25)37(21-26-14-9-17-40-26)19-24-10-5-3-6-11-24/h3-18,30H,19-21H2,1-2H3,(H,33,39)/t30-/m0/s1. The van der Waals surface area contributed by atoms with Crippen LogP contribution in [0.4, 0.5) is 0 Å². The second-order valence-electron chi connectivity index (χ2n) is 10.1. The average Bonchev–Trinajstić information content (AvgIpc) is 3.65. The largest absolute Gasteiger partial charge is 0.321 e. The Hall–Kier alpha value is -4.40. The van der Waals surface area contributed by atoms with Crippen molar-refractivity contribution in [3.63, 3.8) is 0 Å². The Balaban J connectivity index is 1.55. The first-order valence-corrected chi connectivity index (χ1v) is 14.2. The molecule has 1 atom stereocenters. The van der Waals surface area contributed by atoms with Gasteiger partial charge in [0, 0.05) is 28.9 Å². The number of H-pyrrole nitrogens is 1. The fraction of sp³-hybridized carbons (Fsp3) is 0.188. The number of hydrogen-bond donors (Lipinski definition) is 1. The molecule has 0 aliphatic heterocycles. The summed E-state index contributed by atoms with van der Waals surface area (Å²) in [6, 6.07) is 30.3. The normalized spacial score (nSPS) is 12.3. The number of aromatic amines is 1. The number of tetrazole rings is 1. The molecule has 0 bridgehead atoms. The van der Waals surface area contributed by atoms with Crippen LogP contribution in [0.15, 0.2) is 101 Å². The maximum absolute atomic E-state index is 13.9. The van der Waals surface area contributed by atoms with E-state index < -0.39 is 6.04 Å². The molecule has 6 rings (SSSR count). The molecule has 0 saturated heterocycles. The third-order valence-electron chi connectivity index (χ3n) is 7.28. The van der Waals surface area contributed by atoms with E-state index in [-0.39, 0.29) is 5.56 Å². The van der Waals surface area contributed by atoms with Gasteiger partial charge in [-0.1, -0.05) is 78.9 Å². The molecular formula is C32H30N6OS. The number of rotatable bonds is 9. The van der Waals surface area contributed by atoms with Crippen molar-refractivity contribution >= 4 is 22.2 Å². The Morgan fingerprint density at radius 2 is 1.60 bits per heavy atom. The smallest absolute Gasteiger partial charge is 0.253 e. The molecule has 0 radical (unpaired) electrons. The summed E-state index contributed by atoms with van der Waals surface area (Å²) in [5.74, 6) is 0.631. The van der Waals surface area contributed by atoms with Crippen molar-refractivity contribution in [1.82, 2.24) is 30.1 Å². The predicted molar refractivity (Wildman–Crippen MR) is 159 cm³/mol. The molecule has 0 saturated carbocycles. The zero-order valence-corrected chi connectivity index (χ0v) is 23.3. The van der Waals surface area contributed by atoms with Crippen molar-refractivity contribution in [3.05, 3.63) is 145 Å². The van der Waals surface area contributed by atoms with Gasteiger partial charge < -0.3 is 4.98 Å². The van der Waals surface area contributed by atoms with E-state index in [0.29, 0.717) is 31.0 Å². The molecule has 8 heteroatoms. The third-order valence-corrected chi connectivity index (χ3v) is 8.14. The molecule has 3 aromatic heterocycles. The second kappa shape index (κ2) is 11.4. The van der Waals surface area contributed by atoms with E-state index in [2.05, 4.69) is 80.2 Å². The van der Waals surface area contributed by atoms with Crippen LogP contribution in [0.1, 0.15) is 44.6 Å². The third kappa shape index (κ3) is 5.36. The molecule has 1 N–H and O–H groups in total. The van der Waals surface area contributed by atoms with E-state index in [1.54, 1.807) is 11.3 Å². The van der Waals surface area contributed by atoms with Gasteiger partial charge in [-0.25, -0.2) is 4.68 Å². The number of aryl methyl sites for hydroxylation is 2. The van der Waals surface area contributed by atoms with Gasteiger partial charge in [-0.2, -0.15) is 0 Å². The van der Waals surface area contributed by atoms with E-state index in [1.807, 2.05) is 60.1 Å². The number of fused-ring (bicyclic) bond motifs is 1. The van der Waals surface area contributed by atoms with Gasteiger partial charge in [0.1, 0.15) is 6.04 Å². The number of nitrogens with zero attached hydrogens (tertiary/aromatic N) is 5. The Bertz CT molecular complexity index is 1780. The highest BCUT2D eigenvalue weighted by Gasteiger charge is 2.31. The minimum atomic E-state index is -0.492. The van der Waals surface area contributed by atoms with E-state index >= 15 is 0 Å². The number of nitrogens with one attached hydrogen (secondary N) is 1. The first-order valence-electron chi connectivity index (χ1n) is 13.3. The van der Waals surface area contributed by atoms with Crippen molar-refractivity contribution in [2.24, 2.45) is 0 Å². The van der Waals surface area contributed by atoms with Crippen molar-refractivity contribution in [2.45, 2.75) is 39.5 Å². The highest BCUT2D eigenvalue weighted by molar-refractivity contribution is 7.09. The van der Waals surface area contributed by atoms with Gasteiger partial charge in [0.2, 0.25) is 0 Å². The van der Waals surface area contributed by atoms with Gasteiger partial charge in [0.25, 0.3) is 5.56 Å². The summed E-state index contributed by atoms with van der Waals surface area (Å²) in [4.78, 5) is 20.6. The van der Waals surface area contributed by atoms with Gasteiger partial charge in [-0.05, 0) is 64.0 Å². The summed E-state index contributed by atoms with van der Waals surface area (Å²) in [5.41, 5.74) is 5.73. The van der Waals surface area contributed by atoms with Gasteiger partial charge in [0.05, 0.1) is 12.1 Å². The number of aromatic nitrogens is 5. The molecule has 7 nitrogen and oxygen atoms in total. The Labute approximate surface area is 236 Å². The molecule has 0 aliphatic rings. The van der Waals surface area contributed by atoms with Gasteiger partial charge in [0.15, 0.2) is 5.82 Å². The SMILES string of the molecule is Cc1ccc(C)c2[nH]c(=O)c([C@@H](c3nnnn3Cc3ccccc3)N(Cc3ccccc3)Cc3cccs3)cc12. The van der Waals surface area contributed by atoms with E-state index in [4.69, 9.17) is 0 Å². The molecule has 200 valence electrons. The lowest BCUT2D eigenvalue weighted by Crippen LogP contribution is -2.34. The van der Waals surface area contributed by atoms with Crippen LogP contribution in [0.5, 0.6) is 0 Å². The van der Waals surface area contributed by atoms with Crippen LogP contribution in [0.2, 0.25) is 0 Å². The highest BCUT2D eigenvalue weighted by Crippen LogP contribution is 2.32. The lowest BCUT2D eigenvalue weighted by atomic mass is 9.99. The Morgan fingerprint density at radius 3 is 2.33 bits per heavy atom. The minimum absolute atomic E-state index is 0.135. The van der Waals surface area contributed by atoms with Crippen LogP contribution >= 0.6 is 11.3 Å². The Kier molecular flexibility index (Phi) is 7.35. The van der Waals surface area contributed by atoms with Gasteiger partial charge in [-0.3, -0.25) is 9.69 Å². The summed E-state index contributed by atoms with van der Waals surface area (Å²) in [6.07, 6.45) is 0. The van der Waals surface area contributed by atoms with Gasteiger partial charge in [-0.15, -0.1) is 16.4 Å². The maximum Gasteiger partial charge on any atom is 0.253 e. The molecule has 0 aliphatic carbocycles. The number of hydrogen-bond acceptors (Lipinski definition) is 6. The Morgan fingerprint density at radius 1 is 0.875 bits per heavy atom. The summed E-state index contributed by atoms with van der Waals surface area (Å²) in [6.45, 7) is 5.85. The molecule has 0 spiro atoms. The van der Waals surface area contributed by atoms with Crippen molar-refractivity contribution in [2.75, 3.05) is 0 Å². The summed E-state index contributed by atoms with van der Waals surface area (Å²) >= 11 is 1.70. The maximum atomic E-state index is 13.9. The molecule has 0 fully saturated rings. The predicted octanol–water partition coefficient (Wildman–Crippen LogP) is 6.03. The molecular weight excluding hydrogens is 516 g/mol. The van der Waals surface area contributed by atoms with Crippen LogP contribution in [0.25, 0.3) is 10.9 Å². The summed E-state index contributed by atoms with van der Waals surface area (Å²) in [7, 11) is 0. The molecule has 3 aromatic carbocycles. The first-order chi connectivity index (χ1) is 19.6. The average molecular weight is 547 g/mol. The minimum Gasteiger partial charge on any atom is -0.321 e. The lowest BCUT2D eigenvalue weighted by Gasteiger charge is -2.31. The van der Waals surface area contributed by atoms with Crippen LogP contribution in [-0.4, -0.2) is 30.1 Å². The zero-order chi connectivity index (χ0) is 27.5. The van der Waals surface area contributed by atoms with Crippen molar-refractivity contribution in [1.29, 1.82) is 0 Å². The van der Waals surface area contributed by atoms with E-state index in [1.165, 1.54) is 4.88 Å². The molecule has 40 heavy (non-hydrogen) atoms. The number of pyridine rings is 1. The quantitative estimate of drug-likeness (QED) is 0.239. The van der Waals surface area contributed by atoms with Crippen LogP contribution in [0, 0.1) is 13.8 Å². The van der Waals surface area contributed by atoms with Crippen molar-refractivity contribution in [3.8, 4) is 0 Å². The van der Waals surface area contributed by atoms with Crippen LogP contribution < -0.4 is 5.56 Å². The van der Waals surface area contributed by atoms with Crippen LogP contribution in [0.3, 0.4) is 0 Å². The van der Waals surface area contributed by atoms with Gasteiger partial charge >= 0.3 is 0 Å². The zero-order valence-electron chi connectivity index (χ0n) is 22.5. The fourth-order valence-corrected chi connectivity index (χ4v) is 5.96. The summed E-state index contributed by atoms with van der Waals surface area (Å²) in [5, 5.41) is 16.1. The first kappa shape index (κ1) is 25.9. The van der Waals surface area contributed by atoms with Crippen molar-refractivity contribution < 1.29 is 0 Å². The van der Waals surface area contributed by atoms with E-state index in [9.17, 15) is 4.79 Å². The monoisotopic (exact) mass is 546 g/mol. The molecule has 0 amide bonds.